The molecule has 0 bridgehead atoms. The SMILES string of the molecule is CC(C)NC(=O)CNc1c(N)cc(N)c(Cl)c1F. The summed E-state index contributed by atoms with van der Waals surface area (Å²) in [6, 6.07) is 1.35. The van der Waals surface area contributed by atoms with Crippen molar-refractivity contribution in [3.05, 3.63) is 16.9 Å². The Bertz CT molecular complexity index is 465. The molecule has 0 aliphatic carbocycles. The molecule has 0 radical (unpaired) electrons. The smallest absolute Gasteiger partial charge is 0.239 e. The first kappa shape index (κ1) is 14.4. The van der Waals surface area contributed by atoms with Crippen LogP contribution in [-0.2, 0) is 4.79 Å². The van der Waals surface area contributed by atoms with Crippen LogP contribution in [0.4, 0.5) is 21.5 Å². The summed E-state index contributed by atoms with van der Waals surface area (Å²) in [6.45, 7) is 3.55. The Labute approximate surface area is 110 Å². The van der Waals surface area contributed by atoms with Gasteiger partial charge in [0.1, 0.15) is 5.02 Å². The maximum absolute atomic E-state index is 13.8. The molecule has 0 fully saturated rings. The van der Waals surface area contributed by atoms with Crippen LogP contribution in [0.5, 0.6) is 0 Å². The fraction of sp³-hybridized carbons (Fsp3) is 0.364. The number of nitrogens with one attached hydrogen (secondary N) is 2. The van der Waals surface area contributed by atoms with Gasteiger partial charge >= 0.3 is 0 Å². The molecule has 0 spiro atoms. The normalized spacial score (nSPS) is 10.5. The van der Waals surface area contributed by atoms with E-state index in [9.17, 15) is 9.18 Å². The van der Waals surface area contributed by atoms with Crippen LogP contribution in [0.2, 0.25) is 5.02 Å². The van der Waals surface area contributed by atoms with E-state index < -0.39 is 5.82 Å². The lowest BCUT2D eigenvalue weighted by atomic mass is 10.2. The molecule has 5 nitrogen and oxygen atoms in total. The summed E-state index contributed by atoms with van der Waals surface area (Å²) in [5, 5.41) is 5.05. The van der Waals surface area contributed by atoms with Crippen LogP contribution in [0.3, 0.4) is 0 Å². The Morgan fingerprint density at radius 1 is 1.44 bits per heavy atom. The van der Waals surface area contributed by atoms with Crippen LogP contribution in [0.1, 0.15) is 13.8 Å². The molecule has 1 aromatic rings. The van der Waals surface area contributed by atoms with Gasteiger partial charge in [0.25, 0.3) is 0 Å². The summed E-state index contributed by atoms with van der Waals surface area (Å²) >= 11 is 5.66. The van der Waals surface area contributed by atoms with Gasteiger partial charge in [0.15, 0.2) is 5.82 Å². The molecule has 1 rings (SSSR count). The average Bonchev–Trinajstić information content (AvgIpc) is 2.25. The number of carbonyl (C=O) groups is 1. The number of carbonyl (C=O) groups excluding carboxylic acids is 1. The fourth-order valence-electron chi connectivity index (χ4n) is 1.39. The third-order valence-corrected chi connectivity index (χ3v) is 2.52. The van der Waals surface area contributed by atoms with Gasteiger partial charge in [-0.1, -0.05) is 11.6 Å². The molecule has 0 aromatic heterocycles. The van der Waals surface area contributed by atoms with E-state index in [2.05, 4.69) is 10.6 Å². The number of rotatable bonds is 4. The molecule has 1 amide bonds. The zero-order valence-electron chi connectivity index (χ0n) is 10.2. The Morgan fingerprint density at radius 2 is 2.06 bits per heavy atom. The summed E-state index contributed by atoms with van der Waals surface area (Å²) in [5.74, 6) is -1.02. The minimum Gasteiger partial charge on any atom is -0.397 e. The molecular weight excluding hydrogens is 259 g/mol. The van der Waals surface area contributed by atoms with Gasteiger partial charge in [0, 0.05) is 6.04 Å². The van der Waals surface area contributed by atoms with Gasteiger partial charge in [-0.2, -0.15) is 0 Å². The monoisotopic (exact) mass is 274 g/mol. The minimum atomic E-state index is -0.758. The second kappa shape index (κ2) is 5.77. The highest BCUT2D eigenvalue weighted by atomic mass is 35.5. The molecule has 6 N–H and O–H groups in total. The lowest BCUT2D eigenvalue weighted by Crippen LogP contribution is -2.35. The van der Waals surface area contributed by atoms with Gasteiger partial charge in [-0.3, -0.25) is 4.79 Å². The lowest BCUT2D eigenvalue weighted by molar-refractivity contribution is -0.119. The number of hydrogen-bond donors (Lipinski definition) is 4. The zero-order valence-corrected chi connectivity index (χ0v) is 10.9. The molecule has 0 heterocycles. The van der Waals surface area contributed by atoms with Gasteiger partial charge in [-0.15, -0.1) is 0 Å². The van der Waals surface area contributed by atoms with E-state index in [-0.39, 0.29) is 40.6 Å². The van der Waals surface area contributed by atoms with E-state index in [1.54, 1.807) is 0 Å². The van der Waals surface area contributed by atoms with Crippen LogP contribution < -0.4 is 22.1 Å². The van der Waals surface area contributed by atoms with Crippen LogP contribution >= 0.6 is 11.6 Å². The predicted molar refractivity (Wildman–Crippen MR) is 72.0 cm³/mol. The van der Waals surface area contributed by atoms with Gasteiger partial charge < -0.3 is 22.1 Å². The molecule has 7 heteroatoms. The second-order valence-electron chi connectivity index (χ2n) is 4.13. The van der Waals surface area contributed by atoms with E-state index in [1.807, 2.05) is 13.8 Å². The number of anilines is 3. The Morgan fingerprint density at radius 3 is 2.61 bits per heavy atom. The van der Waals surface area contributed by atoms with Crippen molar-refractivity contribution < 1.29 is 9.18 Å². The highest BCUT2D eigenvalue weighted by Gasteiger charge is 2.15. The number of amides is 1. The molecule has 0 atom stereocenters. The highest BCUT2D eigenvalue weighted by molar-refractivity contribution is 6.33. The van der Waals surface area contributed by atoms with Crippen LogP contribution in [-0.4, -0.2) is 18.5 Å². The van der Waals surface area contributed by atoms with Crippen molar-refractivity contribution in [2.24, 2.45) is 0 Å². The fourth-order valence-corrected chi connectivity index (χ4v) is 1.54. The first-order valence-electron chi connectivity index (χ1n) is 5.39. The highest BCUT2D eigenvalue weighted by Crippen LogP contribution is 2.33. The first-order valence-corrected chi connectivity index (χ1v) is 5.77. The topological polar surface area (TPSA) is 93.2 Å². The number of nitrogen functional groups attached to an aromatic ring is 2. The second-order valence-corrected chi connectivity index (χ2v) is 4.51. The summed E-state index contributed by atoms with van der Waals surface area (Å²) in [5.41, 5.74) is 11.2. The zero-order chi connectivity index (χ0) is 13.9. The number of hydrogen-bond acceptors (Lipinski definition) is 4. The molecule has 0 saturated carbocycles. The van der Waals surface area contributed by atoms with Gasteiger partial charge in [0.2, 0.25) is 5.91 Å². The minimum absolute atomic E-state index is 0.0106. The quantitative estimate of drug-likeness (QED) is 0.627. The van der Waals surface area contributed by atoms with E-state index >= 15 is 0 Å². The summed E-state index contributed by atoms with van der Waals surface area (Å²) in [6.07, 6.45) is 0. The maximum Gasteiger partial charge on any atom is 0.239 e. The van der Waals surface area contributed by atoms with Crippen molar-refractivity contribution in [1.29, 1.82) is 0 Å². The van der Waals surface area contributed by atoms with Gasteiger partial charge in [0.05, 0.1) is 23.6 Å². The Balaban J connectivity index is 2.80. The standard InChI is InChI=1S/C11H16ClFN4O/c1-5(2)17-8(18)4-16-11-7(15)3-6(14)9(12)10(11)13/h3,5,16H,4,14-15H2,1-2H3,(H,17,18). The van der Waals surface area contributed by atoms with E-state index in [0.29, 0.717) is 0 Å². The molecule has 0 saturated heterocycles. The summed E-state index contributed by atoms with van der Waals surface area (Å²) in [4.78, 5) is 11.4. The lowest BCUT2D eigenvalue weighted by Gasteiger charge is -2.13. The summed E-state index contributed by atoms with van der Waals surface area (Å²) < 4.78 is 13.8. The van der Waals surface area contributed by atoms with Crippen molar-refractivity contribution in [2.75, 3.05) is 23.3 Å². The third kappa shape index (κ3) is 3.40. The van der Waals surface area contributed by atoms with Crippen molar-refractivity contribution in [3.8, 4) is 0 Å². The van der Waals surface area contributed by atoms with Crippen LogP contribution in [0.25, 0.3) is 0 Å². The number of nitrogens with two attached hydrogens (primary N) is 2. The van der Waals surface area contributed by atoms with E-state index in [4.69, 9.17) is 23.1 Å². The molecule has 18 heavy (non-hydrogen) atoms. The third-order valence-electron chi connectivity index (χ3n) is 2.14. The number of benzene rings is 1. The van der Waals surface area contributed by atoms with Gasteiger partial charge in [-0.05, 0) is 19.9 Å². The van der Waals surface area contributed by atoms with E-state index in [0.717, 1.165) is 0 Å². The summed E-state index contributed by atoms with van der Waals surface area (Å²) in [7, 11) is 0. The first-order chi connectivity index (χ1) is 8.32. The van der Waals surface area contributed by atoms with Crippen molar-refractivity contribution in [3.63, 3.8) is 0 Å². The maximum atomic E-state index is 13.8. The van der Waals surface area contributed by atoms with Crippen molar-refractivity contribution >= 4 is 34.6 Å². The van der Waals surface area contributed by atoms with Crippen molar-refractivity contribution in [1.82, 2.24) is 5.32 Å². The molecular formula is C11H16ClFN4O. The molecule has 0 aliphatic rings. The Hall–Kier alpha value is -1.69. The molecule has 0 aliphatic heterocycles. The predicted octanol–water partition coefficient (Wildman–Crippen LogP) is 1.58. The van der Waals surface area contributed by atoms with E-state index in [1.165, 1.54) is 6.07 Å². The van der Waals surface area contributed by atoms with Gasteiger partial charge in [-0.25, -0.2) is 4.39 Å². The Kier molecular flexibility index (Phi) is 4.61. The largest absolute Gasteiger partial charge is 0.397 e. The molecule has 100 valence electrons. The van der Waals surface area contributed by atoms with Crippen LogP contribution in [0, 0.1) is 5.82 Å². The van der Waals surface area contributed by atoms with Crippen LogP contribution in [0.15, 0.2) is 6.07 Å². The average molecular weight is 275 g/mol. The van der Waals surface area contributed by atoms with Crippen molar-refractivity contribution in [2.45, 2.75) is 19.9 Å². The number of halogens is 2. The molecule has 0 unspecified atom stereocenters. The molecule has 1 aromatic carbocycles.